The van der Waals surface area contributed by atoms with Crippen molar-refractivity contribution in [2.75, 3.05) is 18.0 Å². The van der Waals surface area contributed by atoms with E-state index in [0.29, 0.717) is 17.7 Å². The SMILES string of the molecule is CC(=O)NC[C@H]1CN(c2ccc(C3=C(Br)c4cncn4CC3)c(F)c2)C(=O)O1. The third-order valence-corrected chi connectivity index (χ3v) is 5.73. The number of imidazole rings is 1. The first-order chi connectivity index (χ1) is 13.4. The molecule has 146 valence electrons. The number of hydrogen-bond donors (Lipinski definition) is 1. The van der Waals surface area contributed by atoms with Gasteiger partial charge in [0.2, 0.25) is 5.91 Å². The minimum Gasteiger partial charge on any atom is -0.442 e. The average Bonchev–Trinajstić information content (AvgIpc) is 3.28. The number of ether oxygens (including phenoxy) is 1. The molecule has 1 aromatic carbocycles. The van der Waals surface area contributed by atoms with Crippen molar-refractivity contribution in [3.05, 3.63) is 47.8 Å². The van der Waals surface area contributed by atoms with Crippen LogP contribution in [-0.2, 0) is 16.1 Å². The maximum atomic E-state index is 14.9. The van der Waals surface area contributed by atoms with Gasteiger partial charge in [-0.15, -0.1) is 0 Å². The van der Waals surface area contributed by atoms with Crippen LogP contribution in [0.2, 0.25) is 0 Å². The monoisotopic (exact) mass is 448 g/mol. The highest BCUT2D eigenvalue weighted by Crippen LogP contribution is 2.39. The predicted molar refractivity (Wildman–Crippen MR) is 105 cm³/mol. The summed E-state index contributed by atoms with van der Waals surface area (Å²) in [5, 5.41) is 2.62. The molecule has 9 heteroatoms. The first kappa shape index (κ1) is 18.7. The number of halogens is 2. The summed E-state index contributed by atoms with van der Waals surface area (Å²) >= 11 is 3.57. The number of fused-ring (bicyclic) bond motifs is 1. The molecule has 3 heterocycles. The Morgan fingerprint density at radius 2 is 2.29 bits per heavy atom. The fourth-order valence-electron chi connectivity index (χ4n) is 3.44. The van der Waals surface area contributed by atoms with Gasteiger partial charge in [0.1, 0.15) is 11.9 Å². The molecule has 4 rings (SSSR count). The number of aryl methyl sites for hydroxylation is 1. The Hall–Kier alpha value is -2.68. The van der Waals surface area contributed by atoms with E-state index in [-0.39, 0.29) is 19.0 Å². The zero-order chi connectivity index (χ0) is 19.8. The third-order valence-electron chi connectivity index (χ3n) is 4.85. The summed E-state index contributed by atoms with van der Waals surface area (Å²) in [5.41, 5.74) is 2.69. The molecule has 0 unspecified atom stereocenters. The second-order valence-corrected chi connectivity index (χ2v) is 7.53. The van der Waals surface area contributed by atoms with Crippen molar-refractivity contribution in [1.82, 2.24) is 14.9 Å². The lowest BCUT2D eigenvalue weighted by Crippen LogP contribution is -2.33. The van der Waals surface area contributed by atoms with E-state index in [1.54, 1.807) is 24.7 Å². The van der Waals surface area contributed by atoms with Crippen molar-refractivity contribution < 1.29 is 18.7 Å². The molecular formula is C19H18BrFN4O3. The van der Waals surface area contributed by atoms with Gasteiger partial charge >= 0.3 is 6.09 Å². The van der Waals surface area contributed by atoms with Gasteiger partial charge in [-0.1, -0.05) is 0 Å². The lowest BCUT2D eigenvalue weighted by atomic mass is 9.98. The number of benzene rings is 1. The smallest absolute Gasteiger partial charge is 0.414 e. The number of anilines is 1. The van der Waals surface area contributed by atoms with Gasteiger partial charge < -0.3 is 14.6 Å². The number of nitrogens with zero attached hydrogens (tertiary/aromatic N) is 3. The number of allylic oxidation sites excluding steroid dienone is 1. The van der Waals surface area contributed by atoms with Crippen molar-refractivity contribution in [2.24, 2.45) is 0 Å². The van der Waals surface area contributed by atoms with Crippen LogP contribution in [0.15, 0.2) is 30.7 Å². The first-order valence-corrected chi connectivity index (χ1v) is 9.65. The highest BCUT2D eigenvalue weighted by molar-refractivity contribution is 9.15. The number of hydrogen-bond acceptors (Lipinski definition) is 4. The van der Waals surface area contributed by atoms with Gasteiger partial charge in [-0.25, -0.2) is 14.2 Å². The Morgan fingerprint density at radius 1 is 1.46 bits per heavy atom. The Kier molecular flexibility index (Phi) is 4.92. The van der Waals surface area contributed by atoms with Crippen LogP contribution < -0.4 is 10.2 Å². The van der Waals surface area contributed by atoms with Crippen LogP contribution in [0.25, 0.3) is 10.1 Å². The molecule has 28 heavy (non-hydrogen) atoms. The summed E-state index contributed by atoms with van der Waals surface area (Å²) < 4.78 is 23.0. The molecule has 2 amide bonds. The van der Waals surface area contributed by atoms with Crippen molar-refractivity contribution in [3.63, 3.8) is 0 Å². The molecule has 0 spiro atoms. The summed E-state index contributed by atoms with van der Waals surface area (Å²) in [6, 6.07) is 4.73. The van der Waals surface area contributed by atoms with Gasteiger partial charge in [-0.05, 0) is 46.1 Å². The van der Waals surface area contributed by atoms with Gasteiger partial charge in [-0.2, -0.15) is 0 Å². The van der Waals surface area contributed by atoms with Crippen molar-refractivity contribution in [2.45, 2.75) is 26.0 Å². The minimum atomic E-state index is -0.551. The molecule has 2 aliphatic heterocycles. The van der Waals surface area contributed by atoms with E-state index in [4.69, 9.17) is 4.74 Å². The summed E-state index contributed by atoms with van der Waals surface area (Å²) in [4.78, 5) is 28.7. The van der Waals surface area contributed by atoms with Gasteiger partial charge in [-0.3, -0.25) is 9.69 Å². The van der Waals surface area contributed by atoms with Crippen molar-refractivity contribution in [3.8, 4) is 0 Å². The largest absolute Gasteiger partial charge is 0.442 e. The number of carbonyl (C=O) groups excluding carboxylic acids is 2. The van der Waals surface area contributed by atoms with Crippen LogP contribution >= 0.6 is 15.9 Å². The summed E-state index contributed by atoms with van der Waals surface area (Å²) in [5.74, 6) is -0.604. The molecule has 1 saturated heterocycles. The molecule has 0 bridgehead atoms. The van der Waals surface area contributed by atoms with Gasteiger partial charge in [0.25, 0.3) is 0 Å². The van der Waals surface area contributed by atoms with Gasteiger partial charge in [0.05, 0.1) is 37.0 Å². The zero-order valence-corrected chi connectivity index (χ0v) is 16.7. The highest BCUT2D eigenvalue weighted by Gasteiger charge is 2.33. The van der Waals surface area contributed by atoms with Crippen LogP contribution in [0.3, 0.4) is 0 Å². The van der Waals surface area contributed by atoms with E-state index in [2.05, 4.69) is 26.2 Å². The topological polar surface area (TPSA) is 76.5 Å². The third kappa shape index (κ3) is 3.42. The summed E-state index contributed by atoms with van der Waals surface area (Å²) in [6.45, 7) is 2.60. The predicted octanol–water partition coefficient (Wildman–Crippen LogP) is 3.15. The molecule has 1 atom stereocenters. The Labute approximate surface area is 169 Å². The molecular weight excluding hydrogens is 431 g/mol. The Balaban J connectivity index is 1.57. The fourth-order valence-corrected chi connectivity index (χ4v) is 4.19. The number of carbonyl (C=O) groups is 2. The average molecular weight is 449 g/mol. The van der Waals surface area contributed by atoms with Gasteiger partial charge in [0.15, 0.2) is 0 Å². The van der Waals surface area contributed by atoms with Crippen LogP contribution in [0.5, 0.6) is 0 Å². The number of nitrogens with one attached hydrogen (secondary N) is 1. The zero-order valence-electron chi connectivity index (χ0n) is 15.1. The standard InChI is InChI=1S/C19H18BrFN4O3/c1-11(26)23-7-13-9-25(19(27)28-13)12-2-3-14(16(21)6-12)15-4-5-24-10-22-8-17(24)18(15)20/h2-3,6,8,10,13H,4-5,7,9H2,1H3,(H,23,26)/t13-/m0/s1. The molecule has 0 aliphatic carbocycles. The van der Waals surface area contributed by atoms with Crippen LogP contribution in [-0.4, -0.2) is 40.7 Å². The number of aromatic nitrogens is 2. The molecule has 0 saturated carbocycles. The maximum absolute atomic E-state index is 14.9. The Bertz CT molecular complexity index is 987. The van der Waals surface area contributed by atoms with E-state index >= 15 is 0 Å². The Morgan fingerprint density at radius 3 is 3.04 bits per heavy atom. The summed E-state index contributed by atoms with van der Waals surface area (Å²) in [6.07, 6.45) is 3.15. The normalized spacial score (nSPS) is 18.9. The first-order valence-electron chi connectivity index (χ1n) is 8.85. The minimum absolute atomic E-state index is 0.197. The lowest BCUT2D eigenvalue weighted by molar-refractivity contribution is -0.119. The molecule has 2 aliphatic rings. The summed E-state index contributed by atoms with van der Waals surface area (Å²) in [7, 11) is 0. The fraction of sp³-hybridized carbons (Fsp3) is 0.316. The molecule has 1 N–H and O–H groups in total. The number of cyclic esters (lactones) is 1. The van der Waals surface area contributed by atoms with E-state index in [1.807, 2.05) is 4.57 Å². The van der Waals surface area contributed by atoms with Crippen LogP contribution in [0.1, 0.15) is 24.6 Å². The second kappa shape index (κ2) is 7.38. The number of rotatable bonds is 4. The molecule has 2 aromatic rings. The second-order valence-electron chi connectivity index (χ2n) is 6.73. The van der Waals surface area contributed by atoms with Crippen molar-refractivity contribution >= 4 is 43.7 Å². The maximum Gasteiger partial charge on any atom is 0.414 e. The quantitative estimate of drug-likeness (QED) is 0.779. The van der Waals surface area contributed by atoms with Crippen molar-refractivity contribution in [1.29, 1.82) is 0 Å². The van der Waals surface area contributed by atoms with E-state index in [9.17, 15) is 14.0 Å². The van der Waals surface area contributed by atoms with E-state index < -0.39 is 18.0 Å². The molecule has 0 radical (unpaired) electrons. The molecule has 7 nitrogen and oxygen atoms in total. The molecule has 1 aromatic heterocycles. The highest BCUT2D eigenvalue weighted by atomic mass is 79.9. The van der Waals surface area contributed by atoms with Crippen LogP contribution in [0, 0.1) is 5.82 Å². The van der Waals surface area contributed by atoms with E-state index in [1.165, 1.54) is 17.9 Å². The molecule has 1 fully saturated rings. The van der Waals surface area contributed by atoms with Crippen LogP contribution in [0.4, 0.5) is 14.9 Å². The lowest BCUT2D eigenvalue weighted by Gasteiger charge is -2.21. The van der Waals surface area contributed by atoms with E-state index in [0.717, 1.165) is 22.3 Å². The van der Waals surface area contributed by atoms with Gasteiger partial charge in [0, 0.05) is 23.5 Å². The number of amides is 2.